The van der Waals surface area contributed by atoms with Crippen LogP contribution in [0.4, 0.5) is 4.39 Å². The summed E-state index contributed by atoms with van der Waals surface area (Å²) in [7, 11) is 2.99. The summed E-state index contributed by atoms with van der Waals surface area (Å²) >= 11 is 0. The largest absolute Gasteiger partial charge is 0.493 e. The molecular weight excluding hydrogens is 513 g/mol. The van der Waals surface area contributed by atoms with Crippen LogP contribution in [-0.4, -0.2) is 51.5 Å². The van der Waals surface area contributed by atoms with E-state index in [0.717, 1.165) is 0 Å². The van der Waals surface area contributed by atoms with Crippen LogP contribution >= 0.6 is 0 Å². The molecule has 1 N–H and O–H groups in total. The summed E-state index contributed by atoms with van der Waals surface area (Å²) in [5.41, 5.74) is 1.88. The van der Waals surface area contributed by atoms with Crippen molar-refractivity contribution in [1.29, 1.82) is 0 Å². The quantitative estimate of drug-likeness (QED) is 0.293. The molecule has 0 aliphatic heterocycles. The van der Waals surface area contributed by atoms with Gasteiger partial charge in [0.25, 0.3) is 0 Å². The minimum absolute atomic E-state index is 0.0246. The fraction of sp³-hybridized carbons (Fsp3) is 0.333. The first-order chi connectivity index (χ1) is 19.2. The summed E-state index contributed by atoms with van der Waals surface area (Å²) in [5, 5.41) is 11.4. The van der Waals surface area contributed by atoms with Crippen molar-refractivity contribution < 1.29 is 23.5 Å². The Morgan fingerprint density at radius 1 is 1.02 bits per heavy atom. The lowest BCUT2D eigenvalue weighted by molar-refractivity contribution is -0.143. The van der Waals surface area contributed by atoms with E-state index < -0.39 is 23.3 Å². The molecule has 1 aromatic heterocycles. The average Bonchev–Trinajstić information content (AvgIpc) is 3.35. The summed E-state index contributed by atoms with van der Waals surface area (Å²) < 4.78 is 26.5. The number of benzene rings is 3. The molecule has 40 heavy (non-hydrogen) atoms. The average molecular weight is 548 g/mol. The number of nitrogens with one attached hydrogen (secondary N) is 1. The summed E-state index contributed by atoms with van der Waals surface area (Å²) in [6.45, 7) is 5.65. The fourth-order valence-electron chi connectivity index (χ4n) is 4.43. The van der Waals surface area contributed by atoms with Crippen molar-refractivity contribution >= 4 is 22.8 Å². The monoisotopic (exact) mass is 547 g/mol. The minimum Gasteiger partial charge on any atom is -0.493 e. The zero-order valence-corrected chi connectivity index (χ0v) is 23.3. The molecule has 1 atom stereocenters. The molecule has 1 heterocycles. The van der Waals surface area contributed by atoms with Crippen LogP contribution in [0, 0.1) is 5.82 Å². The number of rotatable bonds is 11. The molecule has 0 saturated heterocycles. The normalized spacial score (nSPS) is 12.2. The Bertz CT molecular complexity index is 1490. The van der Waals surface area contributed by atoms with Crippen LogP contribution in [0.25, 0.3) is 11.0 Å². The van der Waals surface area contributed by atoms with E-state index in [-0.39, 0.29) is 19.0 Å². The SMILES string of the molecule is CCC(C)(C)NC(=O)[C@@H](c1cccc(OC)c1OC)N(Cc1ccc(F)cc1)C(=O)Cn1nnc2ccccc21. The molecule has 4 aromatic rings. The van der Waals surface area contributed by atoms with Crippen molar-refractivity contribution in [3.8, 4) is 11.5 Å². The Labute approximate surface area is 232 Å². The van der Waals surface area contributed by atoms with Gasteiger partial charge in [0, 0.05) is 17.6 Å². The molecule has 9 nitrogen and oxygen atoms in total. The van der Waals surface area contributed by atoms with Gasteiger partial charge in [0.1, 0.15) is 23.9 Å². The molecule has 0 radical (unpaired) electrons. The van der Waals surface area contributed by atoms with Crippen LogP contribution in [-0.2, 0) is 22.7 Å². The molecule has 0 bridgehead atoms. The highest BCUT2D eigenvalue weighted by atomic mass is 19.1. The van der Waals surface area contributed by atoms with Crippen LogP contribution in [0.1, 0.15) is 44.4 Å². The molecule has 4 rings (SSSR count). The van der Waals surface area contributed by atoms with Crippen LogP contribution in [0.3, 0.4) is 0 Å². The Morgan fingerprint density at radius 3 is 2.42 bits per heavy atom. The van der Waals surface area contributed by atoms with Gasteiger partial charge in [-0.3, -0.25) is 9.59 Å². The van der Waals surface area contributed by atoms with E-state index in [0.29, 0.717) is 40.1 Å². The summed E-state index contributed by atoms with van der Waals surface area (Å²) in [6, 6.07) is 17.2. The van der Waals surface area contributed by atoms with Gasteiger partial charge >= 0.3 is 0 Å². The predicted molar refractivity (Wildman–Crippen MR) is 149 cm³/mol. The van der Waals surface area contributed by atoms with Gasteiger partial charge in [0.05, 0.1) is 19.7 Å². The smallest absolute Gasteiger partial charge is 0.248 e. The number of para-hydroxylation sites is 2. The Balaban J connectivity index is 1.85. The highest BCUT2D eigenvalue weighted by Gasteiger charge is 2.37. The number of hydrogen-bond donors (Lipinski definition) is 1. The molecular formula is C30H34FN5O4. The summed E-state index contributed by atoms with van der Waals surface area (Å²) in [5.74, 6) is -0.424. The first-order valence-electron chi connectivity index (χ1n) is 13.0. The molecule has 2 amide bonds. The topological polar surface area (TPSA) is 98.6 Å². The first kappa shape index (κ1) is 28.5. The van der Waals surface area contributed by atoms with Crippen molar-refractivity contribution in [3.05, 3.63) is 83.7 Å². The van der Waals surface area contributed by atoms with Gasteiger partial charge in [-0.2, -0.15) is 0 Å². The first-order valence-corrected chi connectivity index (χ1v) is 13.0. The van der Waals surface area contributed by atoms with E-state index in [4.69, 9.17) is 9.47 Å². The molecule has 210 valence electrons. The van der Waals surface area contributed by atoms with E-state index in [1.807, 2.05) is 45.0 Å². The van der Waals surface area contributed by atoms with Gasteiger partial charge in [-0.1, -0.05) is 48.5 Å². The molecule has 0 fully saturated rings. The molecule has 3 aromatic carbocycles. The molecule has 0 unspecified atom stereocenters. The zero-order valence-electron chi connectivity index (χ0n) is 23.3. The maximum atomic E-state index is 14.1. The summed E-state index contributed by atoms with van der Waals surface area (Å²) in [4.78, 5) is 29.7. The van der Waals surface area contributed by atoms with Gasteiger partial charge in [-0.25, -0.2) is 9.07 Å². The number of carbonyl (C=O) groups excluding carboxylic acids is 2. The van der Waals surface area contributed by atoms with Crippen LogP contribution in [0.5, 0.6) is 11.5 Å². The maximum Gasteiger partial charge on any atom is 0.248 e. The van der Waals surface area contributed by atoms with E-state index in [2.05, 4.69) is 15.6 Å². The van der Waals surface area contributed by atoms with Crippen molar-refractivity contribution in [2.75, 3.05) is 14.2 Å². The second kappa shape index (κ2) is 12.1. The highest BCUT2D eigenvalue weighted by molar-refractivity contribution is 5.90. The summed E-state index contributed by atoms with van der Waals surface area (Å²) in [6.07, 6.45) is 0.664. The molecule has 10 heteroatoms. The number of nitrogens with zero attached hydrogens (tertiary/aromatic N) is 4. The van der Waals surface area contributed by atoms with E-state index in [1.54, 1.807) is 30.3 Å². The lowest BCUT2D eigenvalue weighted by atomic mass is 9.97. The number of carbonyl (C=O) groups is 2. The van der Waals surface area contributed by atoms with E-state index in [1.165, 1.54) is 35.9 Å². The number of aromatic nitrogens is 3. The third-order valence-corrected chi connectivity index (χ3v) is 6.93. The van der Waals surface area contributed by atoms with Crippen molar-refractivity contribution in [3.63, 3.8) is 0 Å². The van der Waals surface area contributed by atoms with Gasteiger partial charge in [-0.05, 0) is 56.2 Å². The van der Waals surface area contributed by atoms with Gasteiger partial charge in [0.2, 0.25) is 11.8 Å². The second-order valence-electron chi connectivity index (χ2n) is 10.1. The fourth-order valence-corrected chi connectivity index (χ4v) is 4.43. The Morgan fingerprint density at radius 2 is 1.75 bits per heavy atom. The standard InChI is InChI=1S/C30H34FN5O4/c1-6-30(2,3)32-29(38)27(22-10-9-13-25(39-4)28(22)40-5)35(18-20-14-16-21(31)17-15-20)26(37)19-36-24-12-8-7-11-23(24)33-34-36/h7-17,27H,6,18-19H2,1-5H3,(H,32,38)/t27-/m1/s1. The third-order valence-electron chi connectivity index (χ3n) is 6.93. The van der Waals surface area contributed by atoms with E-state index >= 15 is 0 Å². The lowest BCUT2D eigenvalue weighted by Crippen LogP contribution is -2.50. The van der Waals surface area contributed by atoms with Crippen molar-refractivity contribution in [2.24, 2.45) is 0 Å². The number of methoxy groups -OCH3 is 2. The number of fused-ring (bicyclic) bond motifs is 1. The van der Waals surface area contributed by atoms with Crippen LogP contribution in [0.2, 0.25) is 0 Å². The molecule has 0 aliphatic rings. The number of hydrogen-bond acceptors (Lipinski definition) is 6. The Kier molecular flexibility index (Phi) is 8.67. The van der Waals surface area contributed by atoms with Crippen LogP contribution < -0.4 is 14.8 Å². The molecule has 0 spiro atoms. The molecule has 0 aliphatic carbocycles. The number of amides is 2. The van der Waals surface area contributed by atoms with Crippen molar-refractivity contribution in [1.82, 2.24) is 25.2 Å². The Hall–Kier alpha value is -4.47. The zero-order chi connectivity index (χ0) is 28.9. The second-order valence-corrected chi connectivity index (χ2v) is 10.1. The van der Waals surface area contributed by atoms with E-state index in [9.17, 15) is 14.0 Å². The maximum absolute atomic E-state index is 14.1. The lowest BCUT2D eigenvalue weighted by Gasteiger charge is -2.35. The van der Waals surface area contributed by atoms with Crippen molar-refractivity contribution in [2.45, 2.75) is 51.9 Å². The molecule has 0 saturated carbocycles. The minimum atomic E-state index is -1.11. The van der Waals surface area contributed by atoms with Gasteiger partial charge in [-0.15, -0.1) is 5.10 Å². The third kappa shape index (κ3) is 6.22. The van der Waals surface area contributed by atoms with Crippen LogP contribution in [0.15, 0.2) is 66.7 Å². The number of halogens is 1. The number of ether oxygens (including phenoxy) is 2. The van der Waals surface area contributed by atoms with Gasteiger partial charge in [0.15, 0.2) is 11.5 Å². The predicted octanol–water partition coefficient (Wildman–Crippen LogP) is 4.66. The highest BCUT2D eigenvalue weighted by Crippen LogP contribution is 2.38. The van der Waals surface area contributed by atoms with Gasteiger partial charge < -0.3 is 19.7 Å².